The second-order valence-electron chi connectivity index (χ2n) is 6.80. The zero-order valence-corrected chi connectivity index (χ0v) is 16.1. The molecule has 0 aliphatic carbocycles. The molecule has 0 bridgehead atoms. The van der Waals surface area contributed by atoms with E-state index in [0.717, 1.165) is 36.5 Å². The minimum atomic E-state index is -4.40. The van der Waals surface area contributed by atoms with Crippen LogP contribution in [0.25, 0.3) is 11.5 Å². The molecule has 1 unspecified atom stereocenters. The molecule has 29 heavy (non-hydrogen) atoms. The summed E-state index contributed by atoms with van der Waals surface area (Å²) in [5.41, 5.74) is 0.270. The number of hydrogen-bond acceptors (Lipinski definition) is 7. The van der Waals surface area contributed by atoms with E-state index in [1.807, 2.05) is 0 Å². The standard InChI is InChI=1S/C18H16F3N5O2S/c1-10-14(29-25-22-10)17(27)26-8-2-3-12(9-26)16-24-23-15(28-16)11-4-6-13(7-5-11)18(19,20)21/h4-7,12H,2-3,8-9H2,1H3. The van der Waals surface area contributed by atoms with Gasteiger partial charge in [0.15, 0.2) is 0 Å². The lowest BCUT2D eigenvalue weighted by Crippen LogP contribution is -2.39. The monoisotopic (exact) mass is 423 g/mol. The van der Waals surface area contributed by atoms with E-state index in [9.17, 15) is 18.0 Å². The molecule has 1 fully saturated rings. The number of halogens is 3. The zero-order valence-electron chi connectivity index (χ0n) is 15.3. The molecule has 1 saturated heterocycles. The summed E-state index contributed by atoms with van der Waals surface area (Å²) in [6, 6.07) is 4.56. The summed E-state index contributed by atoms with van der Waals surface area (Å²) < 4.78 is 47.6. The second-order valence-corrected chi connectivity index (χ2v) is 7.55. The van der Waals surface area contributed by atoms with Gasteiger partial charge in [0, 0.05) is 18.7 Å². The van der Waals surface area contributed by atoms with Gasteiger partial charge in [0.05, 0.1) is 17.2 Å². The van der Waals surface area contributed by atoms with Gasteiger partial charge in [-0.2, -0.15) is 13.2 Å². The lowest BCUT2D eigenvalue weighted by Gasteiger charge is -2.30. The first-order valence-corrected chi connectivity index (χ1v) is 9.69. The highest BCUT2D eigenvalue weighted by Gasteiger charge is 2.32. The van der Waals surface area contributed by atoms with E-state index in [1.54, 1.807) is 11.8 Å². The lowest BCUT2D eigenvalue weighted by atomic mass is 9.98. The largest absolute Gasteiger partial charge is 0.420 e. The van der Waals surface area contributed by atoms with E-state index < -0.39 is 11.7 Å². The van der Waals surface area contributed by atoms with Crippen LogP contribution in [0.2, 0.25) is 0 Å². The van der Waals surface area contributed by atoms with Crippen LogP contribution in [0.1, 0.15) is 45.6 Å². The van der Waals surface area contributed by atoms with E-state index in [2.05, 4.69) is 19.8 Å². The molecule has 1 atom stereocenters. The number of rotatable bonds is 3. The molecule has 4 rings (SSSR count). The molecule has 11 heteroatoms. The first kappa shape index (κ1) is 19.5. The molecular formula is C18H16F3N5O2S. The number of hydrogen-bond donors (Lipinski definition) is 0. The van der Waals surface area contributed by atoms with Crippen LogP contribution in [-0.4, -0.2) is 43.7 Å². The maximum Gasteiger partial charge on any atom is 0.416 e. The molecule has 1 aromatic carbocycles. The number of benzene rings is 1. The Labute approximate surface area is 167 Å². The Morgan fingerprint density at radius 3 is 2.62 bits per heavy atom. The van der Waals surface area contributed by atoms with Crippen LogP contribution in [0.15, 0.2) is 28.7 Å². The highest BCUT2D eigenvalue weighted by atomic mass is 32.1. The van der Waals surface area contributed by atoms with Crippen LogP contribution in [-0.2, 0) is 6.18 Å². The number of carbonyl (C=O) groups is 1. The number of likely N-dealkylation sites (tertiary alicyclic amines) is 1. The summed E-state index contributed by atoms with van der Waals surface area (Å²) in [6.07, 6.45) is -2.85. The maximum atomic E-state index is 12.7. The first-order chi connectivity index (χ1) is 13.8. The average molecular weight is 423 g/mol. The molecule has 0 saturated carbocycles. The van der Waals surface area contributed by atoms with Crippen LogP contribution >= 0.6 is 11.5 Å². The molecule has 1 aliphatic rings. The number of piperidine rings is 1. The topological polar surface area (TPSA) is 85.0 Å². The third-order valence-electron chi connectivity index (χ3n) is 4.80. The molecular weight excluding hydrogens is 407 g/mol. The smallest absolute Gasteiger partial charge is 0.416 e. The van der Waals surface area contributed by atoms with E-state index in [4.69, 9.17) is 4.42 Å². The molecule has 1 amide bonds. The molecule has 152 valence electrons. The third-order valence-corrected chi connectivity index (χ3v) is 5.62. The van der Waals surface area contributed by atoms with Crippen molar-refractivity contribution in [3.63, 3.8) is 0 Å². The van der Waals surface area contributed by atoms with Crippen LogP contribution in [0.4, 0.5) is 13.2 Å². The van der Waals surface area contributed by atoms with Crippen molar-refractivity contribution in [3.8, 4) is 11.5 Å². The Morgan fingerprint density at radius 2 is 1.97 bits per heavy atom. The van der Waals surface area contributed by atoms with Crippen LogP contribution < -0.4 is 0 Å². The highest BCUT2D eigenvalue weighted by molar-refractivity contribution is 7.07. The molecule has 0 N–H and O–H groups in total. The average Bonchev–Trinajstić information content (AvgIpc) is 3.36. The van der Waals surface area contributed by atoms with E-state index >= 15 is 0 Å². The Balaban J connectivity index is 1.49. The third kappa shape index (κ3) is 4.00. The van der Waals surface area contributed by atoms with Crippen molar-refractivity contribution < 1.29 is 22.4 Å². The normalized spacial score (nSPS) is 17.5. The van der Waals surface area contributed by atoms with Crippen molar-refractivity contribution >= 4 is 17.4 Å². The molecule has 1 aliphatic heterocycles. The molecule has 3 heterocycles. The van der Waals surface area contributed by atoms with Crippen molar-refractivity contribution in [2.24, 2.45) is 0 Å². The number of alkyl halides is 3. The summed E-state index contributed by atoms with van der Waals surface area (Å²) in [7, 11) is 0. The number of nitrogens with zero attached hydrogens (tertiary/aromatic N) is 5. The van der Waals surface area contributed by atoms with Crippen molar-refractivity contribution in [2.45, 2.75) is 31.9 Å². The van der Waals surface area contributed by atoms with E-state index in [-0.39, 0.29) is 17.7 Å². The Morgan fingerprint density at radius 1 is 1.21 bits per heavy atom. The van der Waals surface area contributed by atoms with Crippen molar-refractivity contribution in [1.29, 1.82) is 0 Å². The van der Waals surface area contributed by atoms with Crippen LogP contribution in [0.3, 0.4) is 0 Å². The predicted octanol–water partition coefficient (Wildman–Crippen LogP) is 3.94. The number of amides is 1. The van der Waals surface area contributed by atoms with Gasteiger partial charge >= 0.3 is 6.18 Å². The summed E-state index contributed by atoms with van der Waals surface area (Å²) >= 11 is 1.07. The zero-order chi connectivity index (χ0) is 20.6. The van der Waals surface area contributed by atoms with Gasteiger partial charge < -0.3 is 9.32 Å². The quantitative estimate of drug-likeness (QED) is 0.635. The number of aryl methyl sites for hydroxylation is 1. The van der Waals surface area contributed by atoms with Crippen molar-refractivity contribution in [2.75, 3.05) is 13.1 Å². The Kier molecular flexibility index (Phi) is 5.07. The van der Waals surface area contributed by atoms with Gasteiger partial charge in [0.25, 0.3) is 5.91 Å². The van der Waals surface area contributed by atoms with Gasteiger partial charge in [-0.05, 0) is 55.6 Å². The number of carbonyl (C=O) groups excluding carboxylic acids is 1. The molecule has 0 spiro atoms. The molecule has 7 nitrogen and oxygen atoms in total. The van der Waals surface area contributed by atoms with Gasteiger partial charge in [0.2, 0.25) is 11.8 Å². The van der Waals surface area contributed by atoms with Crippen molar-refractivity contribution in [3.05, 3.63) is 46.3 Å². The van der Waals surface area contributed by atoms with Gasteiger partial charge in [0.1, 0.15) is 4.88 Å². The second kappa shape index (κ2) is 7.54. The van der Waals surface area contributed by atoms with Gasteiger partial charge in [-0.1, -0.05) is 4.49 Å². The summed E-state index contributed by atoms with van der Waals surface area (Å²) in [4.78, 5) is 14.9. The van der Waals surface area contributed by atoms with E-state index in [0.29, 0.717) is 35.1 Å². The summed E-state index contributed by atoms with van der Waals surface area (Å²) in [6.45, 7) is 2.78. The maximum absolute atomic E-state index is 12.7. The van der Waals surface area contributed by atoms with Gasteiger partial charge in [-0.15, -0.1) is 15.3 Å². The summed E-state index contributed by atoms with van der Waals surface area (Å²) in [5.74, 6) is 0.269. The van der Waals surface area contributed by atoms with Crippen LogP contribution in [0.5, 0.6) is 0 Å². The Bertz CT molecular complexity index is 1020. The first-order valence-electron chi connectivity index (χ1n) is 8.92. The minimum Gasteiger partial charge on any atom is -0.420 e. The SMILES string of the molecule is Cc1nnsc1C(=O)N1CCCC(c2nnc(-c3ccc(C(F)(F)F)cc3)o2)C1. The fourth-order valence-electron chi connectivity index (χ4n) is 3.25. The lowest BCUT2D eigenvalue weighted by molar-refractivity contribution is -0.137. The molecule has 0 radical (unpaired) electrons. The highest BCUT2D eigenvalue weighted by Crippen LogP contribution is 2.32. The molecule has 3 aromatic rings. The van der Waals surface area contributed by atoms with Gasteiger partial charge in [-0.25, -0.2) is 0 Å². The van der Waals surface area contributed by atoms with Gasteiger partial charge in [-0.3, -0.25) is 4.79 Å². The number of aromatic nitrogens is 4. The summed E-state index contributed by atoms with van der Waals surface area (Å²) in [5, 5.41) is 11.9. The van der Waals surface area contributed by atoms with Crippen LogP contribution in [0, 0.1) is 6.92 Å². The Hall–Kier alpha value is -2.82. The molecule has 2 aromatic heterocycles. The minimum absolute atomic E-state index is 0.121. The van der Waals surface area contributed by atoms with Crippen molar-refractivity contribution in [1.82, 2.24) is 24.7 Å². The fraction of sp³-hybridized carbons (Fsp3) is 0.389. The predicted molar refractivity (Wildman–Crippen MR) is 97.3 cm³/mol. The van der Waals surface area contributed by atoms with E-state index in [1.165, 1.54) is 12.1 Å². The fourth-order valence-corrected chi connectivity index (χ4v) is 3.88.